The summed E-state index contributed by atoms with van der Waals surface area (Å²) in [7, 11) is 0. The zero-order valence-electron chi connectivity index (χ0n) is 9.66. The number of carbonyl (C=O) groups excluding carboxylic acids is 1. The summed E-state index contributed by atoms with van der Waals surface area (Å²) in [5, 5.41) is 18.8. The molecule has 0 fully saturated rings. The van der Waals surface area contributed by atoms with Crippen LogP contribution in [0.25, 0.3) is 0 Å². The van der Waals surface area contributed by atoms with E-state index in [4.69, 9.17) is 0 Å². The molecule has 0 unspecified atom stereocenters. The van der Waals surface area contributed by atoms with Crippen molar-refractivity contribution in [3.05, 3.63) is 24.3 Å². The van der Waals surface area contributed by atoms with Crippen molar-refractivity contribution in [3.8, 4) is 0 Å². The molecule has 0 aliphatic rings. The molecule has 0 spiro atoms. The number of aliphatic hydroxyl groups excluding tert-OH is 1. The molecule has 0 aliphatic heterocycles. The first-order valence-electron chi connectivity index (χ1n) is 5.00. The van der Waals surface area contributed by atoms with Crippen LogP contribution in [0, 0.1) is 0 Å². The largest absolute Gasteiger partial charge is 0.392 e. The molecule has 0 aromatic carbocycles. The van der Waals surface area contributed by atoms with Gasteiger partial charge in [-0.05, 0) is 39.7 Å². The van der Waals surface area contributed by atoms with Gasteiger partial charge in [0.25, 0.3) is 0 Å². The molecule has 0 amide bonds. The number of ketones is 1. The lowest BCUT2D eigenvalue weighted by molar-refractivity contribution is -0.128. The van der Waals surface area contributed by atoms with Crippen molar-refractivity contribution in [1.29, 1.82) is 0 Å². The van der Waals surface area contributed by atoms with Gasteiger partial charge in [0, 0.05) is 0 Å². The second-order valence-corrected chi connectivity index (χ2v) is 4.30. The van der Waals surface area contributed by atoms with Gasteiger partial charge in [-0.1, -0.05) is 11.6 Å². The molecule has 0 radical (unpaired) electrons. The van der Waals surface area contributed by atoms with Gasteiger partial charge in [0.05, 0.1) is 6.10 Å². The molecule has 3 heteroatoms. The predicted molar refractivity (Wildman–Crippen MR) is 60.5 cm³/mol. The van der Waals surface area contributed by atoms with Crippen LogP contribution in [0.4, 0.5) is 0 Å². The minimum Gasteiger partial charge on any atom is -0.392 e. The number of rotatable bonds is 6. The molecule has 0 rings (SSSR count). The van der Waals surface area contributed by atoms with Gasteiger partial charge in [0.2, 0.25) is 0 Å². The number of carbonyl (C=O) groups is 1. The summed E-state index contributed by atoms with van der Waals surface area (Å²) in [6.07, 6.45) is 3.44. The topological polar surface area (TPSA) is 57.5 Å². The van der Waals surface area contributed by atoms with Gasteiger partial charge in [0.15, 0.2) is 5.78 Å². The maximum absolute atomic E-state index is 11.4. The molecule has 0 saturated carbocycles. The average molecular weight is 212 g/mol. The van der Waals surface area contributed by atoms with E-state index < -0.39 is 11.7 Å². The minimum atomic E-state index is -1.34. The van der Waals surface area contributed by atoms with E-state index in [9.17, 15) is 15.0 Å². The van der Waals surface area contributed by atoms with E-state index in [0.717, 1.165) is 5.57 Å². The van der Waals surface area contributed by atoms with Crippen LogP contribution in [0.2, 0.25) is 0 Å². The zero-order chi connectivity index (χ0) is 12.1. The van der Waals surface area contributed by atoms with E-state index in [-0.39, 0.29) is 5.78 Å². The molecule has 0 heterocycles. The highest BCUT2D eigenvalue weighted by Gasteiger charge is 2.21. The van der Waals surface area contributed by atoms with Crippen molar-refractivity contribution in [3.63, 3.8) is 0 Å². The van der Waals surface area contributed by atoms with E-state index >= 15 is 0 Å². The molecule has 1 atom stereocenters. The molecular weight excluding hydrogens is 192 g/mol. The molecule has 3 nitrogen and oxygen atoms in total. The van der Waals surface area contributed by atoms with E-state index in [1.165, 1.54) is 19.9 Å². The Bertz CT molecular complexity index is 259. The van der Waals surface area contributed by atoms with E-state index in [0.29, 0.717) is 12.8 Å². The van der Waals surface area contributed by atoms with E-state index in [2.05, 4.69) is 6.58 Å². The first kappa shape index (κ1) is 14.1. The maximum Gasteiger partial charge on any atom is 0.186 e. The van der Waals surface area contributed by atoms with Crippen LogP contribution in [0.5, 0.6) is 0 Å². The molecule has 0 saturated heterocycles. The van der Waals surface area contributed by atoms with Gasteiger partial charge in [-0.3, -0.25) is 4.79 Å². The molecule has 0 aliphatic carbocycles. The van der Waals surface area contributed by atoms with Crippen molar-refractivity contribution in [2.24, 2.45) is 0 Å². The lowest BCUT2D eigenvalue weighted by atomic mass is 9.99. The fourth-order valence-corrected chi connectivity index (χ4v) is 1.11. The number of aliphatic hydroxyl groups is 2. The monoisotopic (exact) mass is 212 g/mol. The molecule has 86 valence electrons. The summed E-state index contributed by atoms with van der Waals surface area (Å²) in [6, 6.07) is 0. The Labute approximate surface area is 91.1 Å². The lowest BCUT2D eigenvalue weighted by Crippen LogP contribution is -2.29. The van der Waals surface area contributed by atoms with Crippen molar-refractivity contribution in [2.45, 2.75) is 45.3 Å². The van der Waals surface area contributed by atoms with Crippen molar-refractivity contribution in [1.82, 2.24) is 0 Å². The van der Waals surface area contributed by atoms with E-state index in [1.807, 2.05) is 0 Å². The molecule has 2 N–H and O–H groups in total. The molecule has 0 aromatic rings. The summed E-state index contributed by atoms with van der Waals surface area (Å²) < 4.78 is 0. The molecule has 15 heavy (non-hydrogen) atoms. The SMILES string of the molecule is C=CC[C@H](O)C/C(C)=C/C(=O)C(C)(C)O. The zero-order valence-corrected chi connectivity index (χ0v) is 9.66. The Morgan fingerprint density at radius 1 is 1.53 bits per heavy atom. The summed E-state index contributed by atoms with van der Waals surface area (Å²) in [6.45, 7) is 8.17. The van der Waals surface area contributed by atoms with Crippen molar-refractivity contribution < 1.29 is 15.0 Å². The highest BCUT2D eigenvalue weighted by Crippen LogP contribution is 2.11. The first-order chi connectivity index (χ1) is 6.77. The second-order valence-electron chi connectivity index (χ2n) is 4.30. The first-order valence-corrected chi connectivity index (χ1v) is 5.00. The van der Waals surface area contributed by atoms with Gasteiger partial charge in [-0.25, -0.2) is 0 Å². The maximum atomic E-state index is 11.4. The normalized spacial score (nSPS) is 14.9. The van der Waals surface area contributed by atoms with Crippen LogP contribution in [0.15, 0.2) is 24.3 Å². The average Bonchev–Trinajstić information content (AvgIpc) is 2.01. The molecule has 0 bridgehead atoms. The smallest absolute Gasteiger partial charge is 0.186 e. The fourth-order valence-electron chi connectivity index (χ4n) is 1.11. The van der Waals surface area contributed by atoms with Crippen molar-refractivity contribution >= 4 is 5.78 Å². The Morgan fingerprint density at radius 3 is 2.47 bits per heavy atom. The van der Waals surface area contributed by atoms with Crippen LogP contribution in [-0.2, 0) is 4.79 Å². The summed E-state index contributed by atoms with van der Waals surface area (Å²) in [5.74, 6) is -0.342. The van der Waals surface area contributed by atoms with Crippen LogP contribution in [-0.4, -0.2) is 27.7 Å². The summed E-state index contributed by atoms with van der Waals surface area (Å²) in [5.41, 5.74) is -0.582. The summed E-state index contributed by atoms with van der Waals surface area (Å²) >= 11 is 0. The van der Waals surface area contributed by atoms with Crippen LogP contribution >= 0.6 is 0 Å². The fraction of sp³-hybridized carbons (Fsp3) is 0.583. The predicted octanol–water partition coefficient (Wildman–Crippen LogP) is 1.60. The Hall–Kier alpha value is -0.930. The highest BCUT2D eigenvalue weighted by atomic mass is 16.3. The van der Waals surface area contributed by atoms with Gasteiger partial charge in [-0.2, -0.15) is 0 Å². The Kier molecular flexibility index (Phi) is 5.47. The van der Waals surface area contributed by atoms with E-state index in [1.54, 1.807) is 13.0 Å². The van der Waals surface area contributed by atoms with Gasteiger partial charge < -0.3 is 10.2 Å². The van der Waals surface area contributed by atoms with Gasteiger partial charge in [-0.15, -0.1) is 6.58 Å². The third kappa shape index (κ3) is 6.20. The van der Waals surface area contributed by atoms with Gasteiger partial charge in [0.1, 0.15) is 5.60 Å². The Morgan fingerprint density at radius 2 is 2.07 bits per heavy atom. The minimum absolute atomic E-state index is 0.342. The third-order valence-corrected chi connectivity index (χ3v) is 1.98. The van der Waals surface area contributed by atoms with Gasteiger partial charge >= 0.3 is 0 Å². The summed E-state index contributed by atoms with van der Waals surface area (Å²) in [4.78, 5) is 11.4. The lowest BCUT2D eigenvalue weighted by Gasteiger charge is -2.14. The third-order valence-electron chi connectivity index (χ3n) is 1.98. The number of hydrogen-bond acceptors (Lipinski definition) is 3. The number of hydrogen-bond donors (Lipinski definition) is 2. The highest BCUT2D eigenvalue weighted by molar-refractivity contribution is 5.96. The quantitative estimate of drug-likeness (QED) is 0.519. The standard InChI is InChI=1S/C12H20O3/c1-5-6-10(13)7-9(2)8-11(14)12(3,4)15/h5,8,10,13,15H,1,6-7H2,2-4H3/b9-8+/t10-/m0/s1. The molecular formula is C12H20O3. The second kappa shape index (κ2) is 5.83. The van der Waals surface area contributed by atoms with Crippen molar-refractivity contribution in [2.75, 3.05) is 0 Å². The van der Waals surface area contributed by atoms with Crippen LogP contribution < -0.4 is 0 Å². The Balaban J connectivity index is 4.32. The van der Waals surface area contributed by atoms with Crippen LogP contribution in [0.1, 0.15) is 33.6 Å². The molecule has 0 aromatic heterocycles. The van der Waals surface area contributed by atoms with Crippen LogP contribution in [0.3, 0.4) is 0 Å².